The molecule has 0 radical (unpaired) electrons. The van der Waals surface area contributed by atoms with Gasteiger partial charge in [-0.15, -0.1) is 0 Å². The Labute approximate surface area is 139 Å². The van der Waals surface area contributed by atoms with Crippen LogP contribution in [-0.4, -0.2) is 22.0 Å². The molecule has 0 atom stereocenters. The number of hydrogen-bond donors (Lipinski definition) is 1. The second kappa shape index (κ2) is 8.40. The number of halogens is 1. The smallest absolute Gasteiger partial charge is 0.301 e. The van der Waals surface area contributed by atoms with Crippen LogP contribution in [0.1, 0.15) is 27.7 Å². The number of anilines is 1. The van der Waals surface area contributed by atoms with E-state index in [2.05, 4.69) is 10.5 Å². The van der Waals surface area contributed by atoms with Crippen LogP contribution in [0, 0.1) is 10.1 Å². The third kappa shape index (κ3) is 6.27. The van der Waals surface area contributed by atoms with Crippen LogP contribution in [0.15, 0.2) is 29.4 Å². The van der Waals surface area contributed by atoms with Gasteiger partial charge in [-0.2, -0.15) is 5.10 Å². The summed E-state index contributed by atoms with van der Waals surface area (Å²) in [6.45, 7) is 6.79. The van der Waals surface area contributed by atoms with Crippen molar-refractivity contribution in [1.29, 1.82) is 0 Å². The zero-order chi connectivity index (χ0) is 17.6. The van der Waals surface area contributed by atoms with Gasteiger partial charge in [0.15, 0.2) is 0 Å². The average Bonchev–Trinajstić information content (AvgIpc) is 2.43. The Balaban J connectivity index is 2.90. The third-order valence-corrected chi connectivity index (χ3v) is 4.94. The molecule has 0 heterocycles. The predicted octanol–water partition coefficient (Wildman–Crippen LogP) is 4.56. The van der Waals surface area contributed by atoms with Gasteiger partial charge in [0, 0.05) is 12.1 Å². The molecular formula is C13H19ClN3O5P. The largest absolute Gasteiger partial charge is 0.393 e. The topological polar surface area (TPSA) is 103 Å². The van der Waals surface area contributed by atoms with E-state index in [1.165, 1.54) is 24.3 Å². The van der Waals surface area contributed by atoms with Crippen molar-refractivity contribution in [3.8, 4) is 0 Å². The van der Waals surface area contributed by atoms with E-state index in [0.29, 0.717) is 5.69 Å². The minimum absolute atomic E-state index is 0.0532. The number of nitrogens with zero attached hydrogens (tertiary/aromatic N) is 2. The maximum Gasteiger partial charge on any atom is 0.393 e. The molecule has 0 saturated carbocycles. The summed E-state index contributed by atoms with van der Waals surface area (Å²) in [5.41, 5.74) is 2.95. The molecule has 23 heavy (non-hydrogen) atoms. The van der Waals surface area contributed by atoms with Gasteiger partial charge in [-0.25, -0.2) is 0 Å². The predicted molar refractivity (Wildman–Crippen MR) is 90.1 cm³/mol. The Morgan fingerprint density at radius 1 is 1.22 bits per heavy atom. The molecule has 0 aliphatic heterocycles. The lowest BCUT2D eigenvalue weighted by Crippen LogP contribution is -2.12. The SMILES string of the molecule is CC(C)OP(=O)(OC(C)C)C(Cl)=NNc1ccc([N+](=O)[O-])cc1. The minimum atomic E-state index is -3.74. The summed E-state index contributed by atoms with van der Waals surface area (Å²) in [6.07, 6.45) is -0.745. The second-order valence-corrected chi connectivity index (χ2v) is 7.56. The number of rotatable bonds is 8. The Hall–Kier alpha value is -1.47. The first-order chi connectivity index (χ1) is 10.6. The monoisotopic (exact) mass is 363 g/mol. The van der Waals surface area contributed by atoms with E-state index < -0.39 is 12.5 Å². The van der Waals surface area contributed by atoms with Crippen molar-refractivity contribution < 1.29 is 18.5 Å². The number of non-ortho nitro benzene ring substituents is 1. The molecule has 0 fully saturated rings. The highest BCUT2D eigenvalue weighted by Crippen LogP contribution is 2.53. The van der Waals surface area contributed by atoms with Crippen molar-refractivity contribution in [3.05, 3.63) is 34.4 Å². The molecule has 0 saturated heterocycles. The lowest BCUT2D eigenvalue weighted by Gasteiger charge is -2.21. The quantitative estimate of drug-likeness (QED) is 0.314. The normalized spacial score (nSPS) is 12.7. The van der Waals surface area contributed by atoms with Crippen LogP contribution >= 0.6 is 19.2 Å². The Kier molecular flexibility index (Phi) is 7.15. The molecule has 0 aliphatic carbocycles. The molecule has 8 nitrogen and oxygen atoms in total. The van der Waals surface area contributed by atoms with Crippen molar-refractivity contribution in [2.24, 2.45) is 5.10 Å². The van der Waals surface area contributed by atoms with Gasteiger partial charge in [0.25, 0.3) is 5.69 Å². The summed E-state index contributed by atoms with van der Waals surface area (Å²) in [6, 6.07) is 5.51. The van der Waals surface area contributed by atoms with Crippen molar-refractivity contribution in [2.45, 2.75) is 39.9 Å². The lowest BCUT2D eigenvalue weighted by molar-refractivity contribution is -0.384. The van der Waals surface area contributed by atoms with Gasteiger partial charge in [-0.05, 0) is 39.8 Å². The highest BCUT2D eigenvalue weighted by molar-refractivity contribution is 7.77. The van der Waals surface area contributed by atoms with Crippen LogP contribution in [0.3, 0.4) is 0 Å². The summed E-state index contributed by atoms with van der Waals surface area (Å²) in [7, 11) is -3.74. The minimum Gasteiger partial charge on any atom is -0.301 e. The highest BCUT2D eigenvalue weighted by Gasteiger charge is 2.34. The molecule has 0 aliphatic rings. The van der Waals surface area contributed by atoms with Crippen LogP contribution in [0.4, 0.5) is 11.4 Å². The maximum atomic E-state index is 12.7. The number of hydrazone groups is 1. The number of nitro groups is 1. The van der Waals surface area contributed by atoms with Gasteiger partial charge in [0.05, 0.1) is 22.8 Å². The molecule has 1 N–H and O–H groups in total. The summed E-state index contributed by atoms with van der Waals surface area (Å²) in [5, 5.41) is 14.4. The van der Waals surface area contributed by atoms with Crippen LogP contribution in [-0.2, 0) is 13.6 Å². The summed E-state index contributed by atoms with van der Waals surface area (Å²) in [4.78, 5) is 9.72. The molecule has 1 aromatic carbocycles. The van der Waals surface area contributed by atoms with Gasteiger partial charge in [0.2, 0.25) is 4.91 Å². The Morgan fingerprint density at radius 3 is 2.09 bits per heavy atom. The number of nitro benzene ring substituents is 1. The number of nitrogens with one attached hydrogen (secondary N) is 1. The van der Waals surface area contributed by atoms with Crippen molar-refractivity contribution >= 4 is 35.5 Å². The highest BCUT2D eigenvalue weighted by atomic mass is 35.5. The third-order valence-electron chi connectivity index (χ3n) is 2.28. The maximum absolute atomic E-state index is 12.7. The lowest BCUT2D eigenvalue weighted by atomic mass is 10.3. The van der Waals surface area contributed by atoms with Gasteiger partial charge in [-0.3, -0.25) is 20.1 Å². The van der Waals surface area contributed by atoms with Crippen molar-refractivity contribution in [2.75, 3.05) is 5.43 Å². The number of hydrogen-bond acceptors (Lipinski definition) is 7. The summed E-state index contributed by atoms with van der Waals surface area (Å²) in [5.74, 6) is 0. The molecule has 1 rings (SSSR count). The van der Waals surface area contributed by atoms with E-state index in [1.807, 2.05) is 0 Å². The molecule has 128 valence electrons. The molecule has 1 aromatic rings. The summed E-state index contributed by atoms with van der Waals surface area (Å²) < 4.78 is 23.2. The molecule has 10 heteroatoms. The first-order valence-electron chi connectivity index (χ1n) is 6.85. The fraction of sp³-hybridized carbons (Fsp3) is 0.462. The van der Waals surface area contributed by atoms with Gasteiger partial charge >= 0.3 is 7.60 Å². The Morgan fingerprint density at radius 2 is 1.70 bits per heavy atom. The van der Waals surface area contributed by atoms with Gasteiger partial charge < -0.3 is 9.05 Å². The van der Waals surface area contributed by atoms with Crippen LogP contribution in [0.25, 0.3) is 0 Å². The molecule has 0 bridgehead atoms. The molecule has 0 aromatic heterocycles. The summed E-state index contributed by atoms with van der Waals surface area (Å²) >= 11 is 5.97. The second-order valence-electron chi connectivity index (χ2n) is 5.10. The van der Waals surface area contributed by atoms with Crippen LogP contribution in [0.5, 0.6) is 0 Å². The van der Waals surface area contributed by atoms with E-state index in [9.17, 15) is 14.7 Å². The zero-order valence-electron chi connectivity index (χ0n) is 13.2. The first kappa shape index (κ1) is 19.6. The van der Waals surface area contributed by atoms with E-state index in [0.717, 1.165) is 0 Å². The molecule has 0 spiro atoms. The van der Waals surface area contributed by atoms with E-state index in [4.69, 9.17) is 20.6 Å². The van der Waals surface area contributed by atoms with Gasteiger partial charge in [0.1, 0.15) is 0 Å². The number of benzene rings is 1. The van der Waals surface area contributed by atoms with E-state index >= 15 is 0 Å². The first-order valence-corrected chi connectivity index (χ1v) is 8.77. The zero-order valence-corrected chi connectivity index (χ0v) is 14.9. The van der Waals surface area contributed by atoms with Crippen molar-refractivity contribution in [1.82, 2.24) is 0 Å². The Bertz CT molecular complexity index is 605. The van der Waals surface area contributed by atoms with E-state index in [1.54, 1.807) is 27.7 Å². The molecular weight excluding hydrogens is 345 g/mol. The standard InChI is InChI=1S/C13H19ClN3O5P/c1-9(2)21-23(20,22-10(3)4)13(14)16-15-11-5-7-12(8-6-11)17(18)19/h5-10,15H,1-4H3. The van der Waals surface area contributed by atoms with Crippen molar-refractivity contribution in [3.63, 3.8) is 0 Å². The van der Waals surface area contributed by atoms with Gasteiger partial charge in [-0.1, -0.05) is 11.6 Å². The average molecular weight is 364 g/mol. The van der Waals surface area contributed by atoms with E-state index in [-0.39, 0.29) is 22.8 Å². The fourth-order valence-corrected chi connectivity index (χ4v) is 3.28. The van der Waals surface area contributed by atoms with Crippen LogP contribution in [0.2, 0.25) is 0 Å². The molecule has 0 amide bonds. The molecule has 0 unspecified atom stereocenters. The fourth-order valence-electron chi connectivity index (χ4n) is 1.50. The van der Waals surface area contributed by atoms with Crippen LogP contribution < -0.4 is 5.43 Å².